The van der Waals surface area contributed by atoms with Crippen LogP contribution >= 0.6 is 0 Å². The number of hydrogen-bond acceptors (Lipinski definition) is 6. The van der Waals surface area contributed by atoms with E-state index in [4.69, 9.17) is 23.5 Å². The van der Waals surface area contributed by atoms with Crippen LogP contribution in [0.3, 0.4) is 0 Å². The van der Waals surface area contributed by atoms with Gasteiger partial charge in [-0.25, -0.2) is 8.78 Å². The molecular weight excluding hydrogens is 457 g/mol. The second-order valence-corrected chi connectivity index (χ2v) is 10.4. The number of halogens is 2. The summed E-state index contributed by atoms with van der Waals surface area (Å²) in [6.45, 7) is 7.96. The molecule has 2 heterocycles. The van der Waals surface area contributed by atoms with Crippen molar-refractivity contribution in [2.45, 2.75) is 70.2 Å². The third-order valence-electron chi connectivity index (χ3n) is 7.67. The topological polar surface area (TPSA) is 63.2 Å². The van der Waals surface area contributed by atoms with Gasteiger partial charge in [-0.3, -0.25) is 4.79 Å². The van der Waals surface area contributed by atoms with E-state index in [0.717, 1.165) is 11.6 Å². The molecule has 0 bridgehead atoms. The average Bonchev–Trinajstić information content (AvgIpc) is 3.42. The number of rotatable bonds is 5. The minimum atomic E-state index is -0.923. The van der Waals surface area contributed by atoms with Crippen molar-refractivity contribution in [2.75, 3.05) is 13.7 Å². The van der Waals surface area contributed by atoms with Gasteiger partial charge in [0, 0.05) is 34.6 Å². The fourth-order valence-electron chi connectivity index (χ4n) is 5.02. The highest BCUT2D eigenvalue weighted by molar-refractivity contribution is 6.62. The molecule has 0 saturated carbocycles. The molecule has 0 aromatic heterocycles. The molecule has 5 rings (SSSR count). The van der Waals surface area contributed by atoms with Crippen molar-refractivity contribution in [2.24, 2.45) is 0 Å². The van der Waals surface area contributed by atoms with Gasteiger partial charge in [0.25, 0.3) is 0 Å². The van der Waals surface area contributed by atoms with Crippen LogP contribution < -0.4 is 14.9 Å². The van der Waals surface area contributed by atoms with Gasteiger partial charge < -0.3 is 23.5 Å². The van der Waals surface area contributed by atoms with E-state index in [-0.39, 0.29) is 23.8 Å². The number of methoxy groups -OCH3 is 1. The summed E-state index contributed by atoms with van der Waals surface area (Å²) in [6, 6.07) is 6.29. The van der Waals surface area contributed by atoms with E-state index in [1.54, 1.807) is 12.1 Å². The fourth-order valence-corrected chi connectivity index (χ4v) is 5.02. The molecule has 0 radical (unpaired) electrons. The molecule has 35 heavy (non-hydrogen) atoms. The Morgan fingerprint density at radius 2 is 1.83 bits per heavy atom. The van der Waals surface area contributed by atoms with Gasteiger partial charge in [0.2, 0.25) is 0 Å². The minimum Gasteiger partial charge on any atom is -0.492 e. The van der Waals surface area contributed by atoms with Gasteiger partial charge in [-0.1, -0.05) is 6.07 Å². The van der Waals surface area contributed by atoms with E-state index < -0.39 is 36.1 Å². The van der Waals surface area contributed by atoms with Gasteiger partial charge in [0.15, 0.2) is 0 Å². The third kappa shape index (κ3) is 4.08. The van der Waals surface area contributed by atoms with Crippen molar-refractivity contribution in [3.63, 3.8) is 0 Å². The zero-order valence-electron chi connectivity index (χ0n) is 20.6. The van der Waals surface area contributed by atoms with Gasteiger partial charge in [0.1, 0.15) is 29.2 Å². The van der Waals surface area contributed by atoms with Gasteiger partial charge in [-0.2, -0.15) is 0 Å². The Hall–Kier alpha value is -2.65. The van der Waals surface area contributed by atoms with E-state index in [9.17, 15) is 4.79 Å². The first-order valence-corrected chi connectivity index (χ1v) is 11.9. The molecule has 3 aliphatic rings. The summed E-state index contributed by atoms with van der Waals surface area (Å²) in [6.07, 6.45) is 0.581. The number of esters is 1. The zero-order chi connectivity index (χ0) is 25.1. The Bertz CT molecular complexity index is 1160. The number of carbonyl (C=O) groups excluding carboxylic acids is 1. The van der Waals surface area contributed by atoms with Gasteiger partial charge in [-0.15, -0.1) is 0 Å². The maximum absolute atomic E-state index is 15.0. The van der Waals surface area contributed by atoms with E-state index >= 15 is 8.78 Å². The highest BCUT2D eigenvalue weighted by atomic mass is 19.1. The van der Waals surface area contributed by atoms with Crippen molar-refractivity contribution < 1.29 is 37.1 Å². The smallest absolute Gasteiger partial charge is 0.492 e. The lowest BCUT2D eigenvalue weighted by atomic mass is 9.74. The van der Waals surface area contributed by atoms with Crippen molar-refractivity contribution in [1.29, 1.82) is 0 Å². The standard InChI is InChI=1S/C26H29BF2O6/c1-25(2)26(3,4)35-27(34-25)24-17-8-9-20(23(17)18(28)12-19(24)29)33-15-6-7-16-14(10-22(30)31-5)13-32-21(16)11-15/h6-7,11-12,14,20H,8-10,13H2,1-5H3/t14-,20-/m1/s1. The lowest BCUT2D eigenvalue weighted by Crippen LogP contribution is -2.41. The molecular formula is C26H29BF2O6. The summed E-state index contributed by atoms with van der Waals surface area (Å²) in [5.41, 5.74) is 0.745. The molecule has 0 amide bonds. The van der Waals surface area contributed by atoms with Crippen LogP contribution in [-0.4, -0.2) is 38.0 Å². The van der Waals surface area contributed by atoms with Crippen molar-refractivity contribution in [3.05, 3.63) is 52.6 Å². The molecule has 2 aromatic rings. The van der Waals surface area contributed by atoms with E-state index in [1.807, 2.05) is 33.8 Å². The molecule has 2 atom stereocenters. The normalized spacial score (nSPS) is 23.6. The monoisotopic (exact) mass is 486 g/mol. The van der Waals surface area contributed by atoms with Gasteiger partial charge in [0.05, 0.1) is 31.3 Å². The van der Waals surface area contributed by atoms with Gasteiger partial charge >= 0.3 is 13.1 Å². The predicted molar refractivity (Wildman–Crippen MR) is 125 cm³/mol. The first kappa shape index (κ1) is 24.1. The number of hydrogen-bond donors (Lipinski definition) is 0. The molecule has 1 fully saturated rings. The van der Waals surface area contributed by atoms with Crippen LogP contribution in [0.15, 0.2) is 24.3 Å². The summed E-state index contributed by atoms with van der Waals surface area (Å²) in [7, 11) is 0.437. The summed E-state index contributed by atoms with van der Waals surface area (Å²) >= 11 is 0. The SMILES string of the molecule is COC(=O)C[C@@H]1COc2cc(O[C@@H]3CCc4c(B5OC(C)(C)C(C)(C)O5)c(F)cc(F)c43)ccc21. The molecule has 2 aliphatic heterocycles. The molecule has 0 N–H and O–H groups in total. The molecule has 2 aromatic carbocycles. The summed E-state index contributed by atoms with van der Waals surface area (Å²) in [5, 5.41) is 0. The molecule has 186 valence electrons. The maximum Gasteiger partial charge on any atom is 0.498 e. The van der Waals surface area contributed by atoms with Crippen molar-refractivity contribution >= 4 is 18.6 Å². The zero-order valence-corrected chi connectivity index (χ0v) is 20.6. The van der Waals surface area contributed by atoms with Crippen molar-refractivity contribution in [1.82, 2.24) is 0 Å². The number of benzene rings is 2. The molecule has 1 saturated heterocycles. The molecule has 1 aliphatic carbocycles. The van der Waals surface area contributed by atoms with Crippen LogP contribution in [0.4, 0.5) is 8.78 Å². The molecule has 0 unspecified atom stereocenters. The second kappa shape index (κ2) is 8.48. The maximum atomic E-state index is 15.0. The van der Waals surface area contributed by atoms with E-state index in [0.29, 0.717) is 42.1 Å². The quantitative estimate of drug-likeness (QED) is 0.462. The highest BCUT2D eigenvalue weighted by Gasteiger charge is 2.54. The lowest BCUT2D eigenvalue weighted by molar-refractivity contribution is -0.141. The van der Waals surface area contributed by atoms with Gasteiger partial charge in [-0.05, 0) is 52.2 Å². The largest absolute Gasteiger partial charge is 0.498 e. The third-order valence-corrected chi connectivity index (χ3v) is 7.67. The Balaban J connectivity index is 1.40. The average molecular weight is 486 g/mol. The highest BCUT2D eigenvalue weighted by Crippen LogP contribution is 2.43. The molecule has 0 spiro atoms. The number of fused-ring (bicyclic) bond motifs is 2. The van der Waals surface area contributed by atoms with Crippen molar-refractivity contribution in [3.8, 4) is 11.5 Å². The Labute approximate surface area is 204 Å². The Morgan fingerprint density at radius 3 is 2.51 bits per heavy atom. The minimum absolute atomic E-state index is 0.0819. The number of carbonyl (C=O) groups is 1. The van der Waals surface area contributed by atoms with Crippen LogP contribution in [0.1, 0.15) is 69.2 Å². The Morgan fingerprint density at radius 1 is 1.11 bits per heavy atom. The molecule has 6 nitrogen and oxygen atoms in total. The fraction of sp³-hybridized carbons (Fsp3) is 0.500. The predicted octanol–water partition coefficient (Wildman–Crippen LogP) is 4.37. The van der Waals surface area contributed by atoms with E-state index in [1.165, 1.54) is 7.11 Å². The summed E-state index contributed by atoms with van der Waals surface area (Å²) in [5.74, 6) is -0.552. The summed E-state index contributed by atoms with van der Waals surface area (Å²) < 4.78 is 58.9. The van der Waals surface area contributed by atoms with Crippen LogP contribution in [-0.2, 0) is 25.3 Å². The van der Waals surface area contributed by atoms with Crippen LogP contribution in [0.25, 0.3) is 0 Å². The van der Waals surface area contributed by atoms with Crippen LogP contribution in [0.5, 0.6) is 11.5 Å². The Kier molecular flexibility index (Phi) is 5.83. The lowest BCUT2D eigenvalue weighted by Gasteiger charge is -2.32. The second-order valence-electron chi connectivity index (χ2n) is 10.4. The first-order chi connectivity index (χ1) is 16.5. The number of ether oxygens (including phenoxy) is 3. The van der Waals surface area contributed by atoms with Crippen LogP contribution in [0, 0.1) is 11.6 Å². The first-order valence-electron chi connectivity index (χ1n) is 11.9. The molecule has 9 heteroatoms. The van der Waals surface area contributed by atoms with Crippen LogP contribution in [0.2, 0.25) is 0 Å². The van der Waals surface area contributed by atoms with E-state index in [2.05, 4.69) is 0 Å². The summed E-state index contributed by atoms with van der Waals surface area (Å²) in [4.78, 5) is 11.7.